The fourth-order valence-electron chi connectivity index (χ4n) is 4.26. The smallest absolute Gasteiger partial charge is 0.264 e. The molecule has 0 spiro atoms. The highest BCUT2D eigenvalue weighted by Gasteiger charge is 2.33. The lowest BCUT2D eigenvalue weighted by molar-refractivity contribution is -0.139. The Kier molecular flexibility index (Phi) is 11.8. The molecule has 1 atom stereocenters. The number of carbonyl (C=O) groups is 2. The largest absolute Gasteiger partial charge is 0.354 e. The number of sulfonamides is 1. The summed E-state index contributed by atoms with van der Waals surface area (Å²) < 4.78 is 29.6. The number of hydrogen-bond donors (Lipinski definition) is 1. The molecule has 0 saturated carbocycles. The van der Waals surface area contributed by atoms with E-state index in [1.807, 2.05) is 44.2 Å². The van der Waals surface area contributed by atoms with E-state index >= 15 is 0 Å². The number of hydrogen-bond acceptors (Lipinski definition) is 4. The molecular weight excluding hydrogens is 625 g/mol. The Labute approximate surface area is 245 Å². The van der Waals surface area contributed by atoms with Gasteiger partial charge < -0.3 is 10.2 Å². The minimum Gasteiger partial charge on any atom is -0.354 e. The van der Waals surface area contributed by atoms with Gasteiger partial charge >= 0.3 is 0 Å². The number of halogens is 1. The zero-order valence-corrected chi connectivity index (χ0v) is 25.4. The number of anilines is 1. The van der Waals surface area contributed by atoms with Gasteiger partial charge in [-0.05, 0) is 83.8 Å². The lowest BCUT2D eigenvalue weighted by Crippen LogP contribution is -2.53. The molecule has 208 valence electrons. The maximum atomic E-state index is 14.0. The first-order chi connectivity index (χ1) is 18.8. The predicted octanol–water partition coefficient (Wildman–Crippen LogP) is 5.25. The third-order valence-corrected chi connectivity index (χ3v) is 8.93. The molecule has 0 heterocycles. The number of nitrogens with one attached hydrogen (secondary N) is 1. The highest BCUT2D eigenvalue weighted by Crippen LogP contribution is 2.25. The van der Waals surface area contributed by atoms with E-state index in [0.717, 1.165) is 26.3 Å². The molecular formula is C30H36IN3O4S. The average Bonchev–Trinajstić information content (AvgIpc) is 2.95. The van der Waals surface area contributed by atoms with Crippen LogP contribution in [0.2, 0.25) is 0 Å². The molecule has 2 amide bonds. The van der Waals surface area contributed by atoms with Gasteiger partial charge in [-0.25, -0.2) is 8.42 Å². The molecule has 0 aliphatic carbocycles. The van der Waals surface area contributed by atoms with E-state index in [0.29, 0.717) is 25.1 Å². The topological polar surface area (TPSA) is 86.8 Å². The van der Waals surface area contributed by atoms with Crippen LogP contribution in [0.4, 0.5) is 5.69 Å². The van der Waals surface area contributed by atoms with Gasteiger partial charge in [-0.15, -0.1) is 0 Å². The molecule has 0 aromatic heterocycles. The lowest BCUT2D eigenvalue weighted by Gasteiger charge is -2.33. The SMILES string of the molecule is CCCCNC(=O)[C@@H](CC)N(CCc1ccccc1)C(=O)CN(c1ccc(I)cc1)S(=O)(=O)c1ccccc1. The van der Waals surface area contributed by atoms with Crippen LogP contribution < -0.4 is 9.62 Å². The number of carbonyl (C=O) groups excluding carboxylic acids is 2. The van der Waals surface area contributed by atoms with Gasteiger partial charge in [0.1, 0.15) is 12.6 Å². The zero-order chi connectivity index (χ0) is 28.3. The summed E-state index contributed by atoms with van der Waals surface area (Å²) >= 11 is 2.15. The van der Waals surface area contributed by atoms with Gasteiger partial charge in [-0.1, -0.05) is 68.8 Å². The van der Waals surface area contributed by atoms with Crippen molar-refractivity contribution in [1.29, 1.82) is 0 Å². The van der Waals surface area contributed by atoms with Gasteiger partial charge in [0.25, 0.3) is 10.0 Å². The summed E-state index contributed by atoms with van der Waals surface area (Å²) in [5, 5.41) is 2.95. The number of amides is 2. The van der Waals surface area contributed by atoms with Gasteiger partial charge in [0.2, 0.25) is 11.8 Å². The molecule has 3 aromatic rings. The van der Waals surface area contributed by atoms with E-state index in [-0.39, 0.29) is 17.3 Å². The van der Waals surface area contributed by atoms with E-state index in [1.54, 1.807) is 42.5 Å². The van der Waals surface area contributed by atoms with Crippen molar-refractivity contribution >= 4 is 50.1 Å². The highest BCUT2D eigenvalue weighted by atomic mass is 127. The van der Waals surface area contributed by atoms with E-state index in [4.69, 9.17) is 0 Å². The molecule has 0 aliphatic rings. The van der Waals surface area contributed by atoms with Crippen LogP contribution in [0.15, 0.2) is 89.8 Å². The third-order valence-electron chi connectivity index (χ3n) is 6.42. The number of benzene rings is 3. The highest BCUT2D eigenvalue weighted by molar-refractivity contribution is 14.1. The molecule has 39 heavy (non-hydrogen) atoms. The molecule has 0 saturated heterocycles. The summed E-state index contributed by atoms with van der Waals surface area (Å²) in [6.45, 7) is 4.31. The van der Waals surface area contributed by atoms with Crippen LogP contribution in [0.1, 0.15) is 38.7 Å². The standard InChI is InChI=1S/C30H36IN3O4S/c1-3-5-21-32-30(36)28(4-2)33(22-20-24-12-8-6-9-13-24)29(35)23-34(26-18-16-25(31)17-19-26)39(37,38)27-14-10-7-11-15-27/h6-19,28H,3-5,20-23H2,1-2H3,(H,32,36)/t28-/m1/s1. The van der Waals surface area contributed by atoms with Gasteiger partial charge in [0.15, 0.2) is 0 Å². The van der Waals surface area contributed by atoms with Gasteiger partial charge in [0.05, 0.1) is 10.6 Å². The summed E-state index contributed by atoms with van der Waals surface area (Å²) in [4.78, 5) is 28.8. The van der Waals surface area contributed by atoms with Gasteiger partial charge in [-0.3, -0.25) is 13.9 Å². The Morgan fingerprint density at radius 3 is 2.10 bits per heavy atom. The lowest BCUT2D eigenvalue weighted by atomic mass is 10.1. The Hall–Kier alpha value is -2.92. The molecule has 9 heteroatoms. The maximum absolute atomic E-state index is 14.0. The Morgan fingerprint density at radius 1 is 0.897 bits per heavy atom. The molecule has 0 unspecified atom stereocenters. The molecule has 1 N–H and O–H groups in total. The number of unbranched alkanes of at least 4 members (excludes halogenated alkanes) is 1. The van der Waals surface area contributed by atoms with Crippen molar-refractivity contribution in [3.63, 3.8) is 0 Å². The molecule has 3 rings (SSSR count). The van der Waals surface area contributed by atoms with Crippen LogP contribution in [0.3, 0.4) is 0 Å². The van der Waals surface area contributed by atoms with Crippen LogP contribution in [-0.4, -0.2) is 50.8 Å². The van der Waals surface area contributed by atoms with E-state index in [9.17, 15) is 18.0 Å². The van der Waals surface area contributed by atoms with Crippen LogP contribution in [0.25, 0.3) is 0 Å². The van der Waals surface area contributed by atoms with E-state index in [1.165, 1.54) is 17.0 Å². The van der Waals surface area contributed by atoms with Crippen molar-refractivity contribution in [2.45, 2.75) is 50.5 Å². The van der Waals surface area contributed by atoms with Gasteiger partial charge in [0, 0.05) is 16.7 Å². The maximum Gasteiger partial charge on any atom is 0.264 e. The summed E-state index contributed by atoms with van der Waals surface area (Å²) in [5.41, 5.74) is 1.42. The van der Waals surface area contributed by atoms with Crippen molar-refractivity contribution < 1.29 is 18.0 Å². The minimum absolute atomic E-state index is 0.0940. The van der Waals surface area contributed by atoms with E-state index < -0.39 is 28.5 Å². The van der Waals surface area contributed by atoms with Crippen molar-refractivity contribution in [1.82, 2.24) is 10.2 Å². The molecule has 0 aliphatic heterocycles. The van der Waals surface area contributed by atoms with Crippen LogP contribution >= 0.6 is 22.6 Å². The van der Waals surface area contributed by atoms with Crippen molar-refractivity contribution in [3.05, 3.63) is 94.1 Å². The van der Waals surface area contributed by atoms with Crippen molar-refractivity contribution in [2.24, 2.45) is 0 Å². The van der Waals surface area contributed by atoms with Crippen LogP contribution in [0, 0.1) is 3.57 Å². The second-order valence-electron chi connectivity index (χ2n) is 9.19. The monoisotopic (exact) mass is 661 g/mol. The molecule has 3 aromatic carbocycles. The van der Waals surface area contributed by atoms with Crippen molar-refractivity contribution in [3.8, 4) is 0 Å². The fraction of sp³-hybridized carbons (Fsp3) is 0.333. The summed E-state index contributed by atoms with van der Waals surface area (Å²) in [6.07, 6.45) is 2.74. The quantitative estimate of drug-likeness (QED) is 0.189. The Balaban J connectivity index is 1.96. The number of nitrogens with zero attached hydrogens (tertiary/aromatic N) is 2. The molecule has 0 fully saturated rings. The van der Waals surface area contributed by atoms with E-state index in [2.05, 4.69) is 27.9 Å². The summed E-state index contributed by atoms with van der Waals surface area (Å²) in [7, 11) is -4.05. The Bertz CT molecular complexity index is 1300. The third kappa shape index (κ3) is 8.53. The average molecular weight is 662 g/mol. The Morgan fingerprint density at radius 2 is 1.51 bits per heavy atom. The first-order valence-electron chi connectivity index (χ1n) is 13.2. The second-order valence-corrected chi connectivity index (χ2v) is 12.3. The van der Waals surface area contributed by atoms with Crippen LogP contribution in [-0.2, 0) is 26.0 Å². The summed E-state index contributed by atoms with van der Waals surface area (Å²) in [6, 6.07) is 24.1. The first kappa shape index (κ1) is 30.6. The molecule has 0 radical (unpaired) electrons. The second kappa shape index (κ2) is 15.0. The normalized spacial score (nSPS) is 12.0. The van der Waals surface area contributed by atoms with Gasteiger partial charge in [-0.2, -0.15) is 0 Å². The molecule has 0 bridgehead atoms. The van der Waals surface area contributed by atoms with Crippen LogP contribution in [0.5, 0.6) is 0 Å². The fourth-order valence-corrected chi connectivity index (χ4v) is 6.05. The zero-order valence-electron chi connectivity index (χ0n) is 22.4. The predicted molar refractivity (Wildman–Crippen MR) is 164 cm³/mol. The van der Waals surface area contributed by atoms with Crippen molar-refractivity contribution in [2.75, 3.05) is 23.9 Å². The first-order valence-corrected chi connectivity index (χ1v) is 15.7. The number of rotatable bonds is 14. The summed E-state index contributed by atoms with van der Waals surface area (Å²) in [5.74, 6) is -0.652. The minimum atomic E-state index is -4.05. The molecule has 7 nitrogen and oxygen atoms in total.